The monoisotopic (exact) mass is 249 g/mol. The summed E-state index contributed by atoms with van der Waals surface area (Å²) in [6, 6.07) is 5.85. The van der Waals surface area contributed by atoms with E-state index in [0.29, 0.717) is 16.4 Å². The van der Waals surface area contributed by atoms with Crippen LogP contribution in [0.3, 0.4) is 0 Å². The molecule has 0 aliphatic rings. The Balaban J connectivity index is 2.17. The van der Waals surface area contributed by atoms with Crippen LogP contribution in [-0.4, -0.2) is 15.9 Å². The third-order valence-corrected chi connectivity index (χ3v) is 2.25. The molecule has 2 aromatic rings. The summed E-state index contributed by atoms with van der Waals surface area (Å²) >= 11 is 5.76. The lowest BCUT2D eigenvalue weighted by molar-refractivity contribution is 0.102. The number of H-pyrrole nitrogens is 1. The molecule has 0 aliphatic heterocycles. The van der Waals surface area contributed by atoms with Gasteiger partial charge in [-0.25, -0.2) is 4.98 Å². The van der Waals surface area contributed by atoms with Crippen molar-refractivity contribution in [3.05, 3.63) is 57.6 Å². The number of nitrogens with one attached hydrogen (secondary N) is 2. The number of anilines is 1. The summed E-state index contributed by atoms with van der Waals surface area (Å²) in [5.41, 5.74) is 0.0776. The molecule has 0 bridgehead atoms. The average molecular weight is 250 g/mol. The second kappa shape index (κ2) is 4.80. The minimum absolute atomic E-state index is 0.262. The fraction of sp³-hybridized carbons (Fsp3) is 0. The van der Waals surface area contributed by atoms with Gasteiger partial charge >= 0.3 is 0 Å². The summed E-state index contributed by atoms with van der Waals surface area (Å²) in [5.74, 6) is -0.00952. The first-order valence-electron chi connectivity index (χ1n) is 4.77. The van der Waals surface area contributed by atoms with Crippen molar-refractivity contribution in [2.45, 2.75) is 0 Å². The van der Waals surface area contributed by atoms with Gasteiger partial charge in [-0.05, 0) is 18.2 Å². The maximum atomic E-state index is 11.7. The number of rotatable bonds is 2. The molecule has 0 spiro atoms. The largest absolute Gasteiger partial charge is 0.328 e. The Morgan fingerprint density at radius 2 is 2.18 bits per heavy atom. The van der Waals surface area contributed by atoms with E-state index < -0.39 is 0 Å². The second-order valence-corrected chi connectivity index (χ2v) is 3.69. The molecule has 0 fully saturated rings. The van der Waals surface area contributed by atoms with Gasteiger partial charge in [0, 0.05) is 23.5 Å². The number of hydrogen-bond acceptors (Lipinski definition) is 3. The molecular formula is C11H8ClN3O2. The van der Waals surface area contributed by atoms with Crippen LogP contribution in [-0.2, 0) is 0 Å². The highest BCUT2D eigenvalue weighted by Crippen LogP contribution is 2.12. The van der Waals surface area contributed by atoms with E-state index in [9.17, 15) is 9.59 Å². The van der Waals surface area contributed by atoms with E-state index in [2.05, 4.69) is 15.3 Å². The molecule has 0 atom stereocenters. The Morgan fingerprint density at radius 3 is 2.82 bits per heavy atom. The zero-order valence-corrected chi connectivity index (χ0v) is 9.36. The number of halogens is 1. The standard InChI is InChI=1S/C11H8ClN3O2/c12-8-3-4-13-9(5-8)15-11(17)7-1-2-10(16)14-6-7/h1-6H,(H,14,16)(H,13,15,17). The van der Waals surface area contributed by atoms with Crippen LogP contribution in [0.2, 0.25) is 5.02 Å². The Hall–Kier alpha value is -2.14. The van der Waals surface area contributed by atoms with Crippen LogP contribution in [0, 0.1) is 0 Å². The van der Waals surface area contributed by atoms with Crippen molar-refractivity contribution in [2.24, 2.45) is 0 Å². The van der Waals surface area contributed by atoms with E-state index in [4.69, 9.17) is 11.6 Å². The van der Waals surface area contributed by atoms with Crippen LogP contribution in [0.1, 0.15) is 10.4 Å². The number of amides is 1. The lowest BCUT2D eigenvalue weighted by atomic mass is 10.2. The summed E-state index contributed by atoms with van der Waals surface area (Å²) < 4.78 is 0. The highest BCUT2D eigenvalue weighted by Gasteiger charge is 2.06. The van der Waals surface area contributed by atoms with Gasteiger partial charge in [0.1, 0.15) is 5.82 Å². The van der Waals surface area contributed by atoms with Crippen LogP contribution in [0.25, 0.3) is 0 Å². The topological polar surface area (TPSA) is 74.8 Å². The molecular weight excluding hydrogens is 242 g/mol. The van der Waals surface area contributed by atoms with Crippen LogP contribution in [0.5, 0.6) is 0 Å². The van der Waals surface area contributed by atoms with Crippen molar-refractivity contribution in [2.75, 3.05) is 5.32 Å². The molecule has 2 heterocycles. The smallest absolute Gasteiger partial charge is 0.258 e. The Kier molecular flexibility index (Phi) is 3.20. The molecule has 0 aliphatic carbocycles. The molecule has 2 aromatic heterocycles. The number of nitrogens with zero attached hydrogens (tertiary/aromatic N) is 1. The molecule has 17 heavy (non-hydrogen) atoms. The number of carbonyl (C=O) groups is 1. The normalized spacial score (nSPS) is 9.94. The summed E-state index contributed by atoms with van der Waals surface area (Å²) in [6.07, 6.45) is 2.83. The van der Waals surface area contributed by atoms with E-state index >= 15 is 0 Å². The van der Waals surface area contributed by atoms with Gasteiger partial charge in [0.15, 0.2) is 0 Å². The first kappa shape index (κ1) is 11.3. The Bertz CT molecular complexity index is 589. The predicted molar refractivity (Wildman–Crippen MR) is 64.3 cm³/mol. The van der Waals surface area contributed by atoms with Crippen molar-refractivity contribution < 1.29 is 4.79 Å². The minimum Gasteiger partial charge on any atom is -0.328 e. The summed E-state index contributed by atoms with van der Waals surface area (Å²) in [5, 5.41) is 3.05. The van der Waals surface area contributed by atoms with Gasteiger partial charge in [-0.15, -0.1) is 0 Å². The molecule has 0 saturated carbocycles. The number of aromatic nitrogens is 2. The zero-order chi connectivity index (χ0) is 12.3. The summed E-state index contributed by atoms with van der Waals surface area (Å²) in [7, 11) is 0. The molecule has 0 saturated heterocycles. The highest BCUT2D eigenvalue weighted by atomic mass is 35.5. The van der Waals surface area contributed by atoms with Gasteiger partial charge in [-0.3, -0.25) is 9.59 Å². The lowest BCUT2D eigenvalue weighted by Gasteiger charge is -2.03. The molecule has 2 rings (SSSR count). The molecule has 0 radical (unpaired) electrons. The van der Waals surface area contributed by atoms with Gasteiger partial charge in [-0.1, -0.05) is 11.6 Å². The molecule has 86 valence electrons. The van der Waals surface area contributed by atoms with Crippen LogP contribution in [0.4, 0.5) is 5.82 Å². The Labute approximate surface area is 101 Å². The molecule has 0 unspecified atom stereocenters. The van der Waals surface area contributed by atoms with Crippen LogP contribution >= 0.6 is 11.6 Å². The van der Waals surface area contributed by atoms with Crippen molar-refractivity contribution in [3.63, 3.8) is 0 Å². The van der Waals surface area contributed by atoms with Crippen molar-refractivity contribution in [3.8, 4) is 0 Å². The Morgan fingerprint density at radius 1 is 1.35 bits per heavy atom. The third-order valence-electron chi connectivity index (χ3n) is 2.01. The maximum absolute atomic E-state index is 11.7. The minimum atomic E-state index is -0.365. The lowest BCUT2D eigenvalue weighted by Crippen LogP contribution is -2.15. The van der Waals surface area contributed by atoms with E-state index in [1.165, 1.54) is 30.6 Å². The first-order chi connectivity index (χ1) is 8.15. The van der Waals surface area contributed by atoms with Gasteiger partial charge in [-0.2, -0.15) is 0 Å². The molecule has 6 heteroatoms. The van der Waals surface area contributed by atoms with Crippen LogP contribution < -0.4 is 10.9 Å². The third kappa shape index (κ3) is 2.92. The van der Waals surface area contributed by atoms with Gasteiger partial charge in [0.05, 0.1) is 5.56 Å². The summed E-state index contributed by atoms with van der Waals surface area (Å²) in [6.45, 7) is 0. The molecule has 5 nitrogen and oxygen atoms in total. The number of carbonyl (C=O) groups excluding carboxylic acids is 1. The average Bonchev–Trinajstić information content (AvgIpc) is 2.29. The quantitative estimate of drug-likeness (QED) is 0.850. The van der Waals surface area contributed by atoms with Gasteiger partial charge < -0.3 is 10.3 Å². The molecule has 0 aromatic carbocycles. The summed E-state index contributed by atoms with van der Waals surface area (Å²) in [4.78, 5) is 28.9. The van der Waals surface area contributed by atoms with Gasteiger partial charge in [0.25, 0.3) is 5.91 Å². The maximum Gasteiger partial charge on any atom is 0.258 e. The highest BCUT2D eigenvalue weighted by molar-refractivity contribution is 6.30. The van der Waals surface area contributed by atoms with Gasteiger partial charge in [0.2, 0.25) is 5.56 Å². The fourth-order valence-electron chi connectivity index (χ4n) is 1.21. The van der Waals surface area contributed by atoms with E-state index in [-0.39, 0.29) is 11.5 Å². The van der Waals surface area contributed by atoms with E-state index in [0.717, 1.165) is 0 Å². The number of hydrogen-bond donors (Lipinski definition) is 2. The van der Waals surface area contributed by atoms with E-state index in [1.807, 2.05) is 0 Å². The van der Waals surface area contributed by atoms with Crippen molar-refractivity contribution in [1.82, 2.24) is 9.97 Å². The molecule has 2 N–H and O–H groups in total. The zero-order valence-electron chi connectivity index (χ0n) is 8.61. The number of pyridine rings is 2. The second-order valence-electron chi connectivity index (χ2n) is 3.26. The predicted octanol–water partition coefficient (Wildman–Crippen LogP) is 1.68. The SMILES string of the molecule is O=C(Nc1cc(Cl)ccn1)c1ccc(=O)[nH]c1. The fourth-order valence-corrected chi connectivity index (χ4v) is 1.37. The van der Waals surface area contributed by atoms with Crippen molar-refractivity contribution in [1.29, 1.82) is 0 Å². The van der Waals surface area contributed by atoms with Crippen molar-refractivity contribution >= 4 is 23.3 Å². The van der Waals surface area contributed by atoms with E-state index in [1.54, 1.807) is 6.07 Å². The van der Waals surface area contributed by atoms with Crippen LogP contribution in [0.15, 0.2) is 41.5 Å². The number of aromatic amines is 1. The first-order valence-corrected chi connectivity index (χ1v) is 5.14. The molecule has 1 amide bonds.